The van der Waals surface area contributed by atoms with Gasteiger partial charge in [0.1, 0.15) is 5.75 Å². The van der Waals surface area contributed by atoms with Crippen LogP contribution in [0.1, 0.15) is 23.2 Å². The van der Waals surface area contributed by atoms with Crippen molar-refractivity contribution in [1.29, 1.82) is 0 Å². The second-order valence-electron chi connectivity index (χ2n) is 6.39. The van der Waals surface area contributed by atoms with Crippen molar-refractivity contribution in [3.8, 4) is 17.2 Å². The normalized spacial score (nSPS) is 15.1. The van der Waals surface area contributed by atoms with E-state index in [9.17, 15) is 18.0 Å². The third-order valence-electron chi connectivity index (χ3n) is 4.76. The van der Waals surface area contributed by atoms with Gasteiger partial charge in [0.2, 0.25) is 11.7 Å². The Morgan fingerprint density at radius 1 is 1.07 bits per heavy atom. The van der Waals surface area contributed by atoms with E-state index >= 15 is 0 Å². The quantitative estimate of drug-likeness (QED) is 0.691. The summed E-state index contributed by atoms with van der Waals surface area (Å²) in [6.45, 7) is 0.570. The van der Waals surface area contributed by atoms with Gasteiger partial charge in [-0.25, -0.2) is 8.42 Å². The molecule has 1 N–H and O–H groups in total. The zero-order valence-corrected chi connectivity index (χ0v) is 17.3. The minimum atomic E-state index is -3.55. The van der Waals surface area contributed by atoms with E-state index in [0.717, 1.165) is 0 Å². The Kier molecular flexibility index (Phi) is 7.11. The van der Waals surface area contributed by atoms with Gasteiger partial charge < -0.3 is 24.4 Å². The maximum absolute atomic E-state index is 12.9. The van der Waals surface area contributed by atoms with Crippen LogP contribution < -0.4 is 19.5 Å². The van der Waals surface area contributed by atoms with E-state index in [1.54, 1.807) is 17.0 Å². The van der Waals surface area contributed by atoms with Crippen LogP contribution in [0.15, 0.2) is 12.1 Å². The number of methoxy groups -OCH3 is 3. The van der Waals surface area contributed by atoms with Crippen molar-refractivity contribution < 1.29 is 32.2 Å². The molecular weight excluding hydrogens is 388 g/mol. The molecule has 28 heavy (non-hydrogen) atoms. The molecule has 2 amide bonds. The molecule has 0 atom stereocenters. The number of piperidine rings is 1. The third kappa shape index (κ3) is 4.67. The fourth-order valence-electron chi connectivity index (χ4n) is 3.18. The largest absolute Gasteiger partial charge is 0.493 e. The summed E-state index contributed by atoms with van der Waals surface area (Å²) in [4.78, 5) is 25.9. The molecule has 2 rings (SSSR count). The van der Waals surface area contributed by atoms with Gasteiger partial charge in [0, 0.05) is 25.7 Å². The number of nitrogens with one attached hydrogen (secondary N) is 1. The number of carbonyl (C=O) groups is 2. The van der Waals surface area contributed by atoms with E-state index in [-0.39, 0.29) is 31.8 Å². The summed E-state index contributed by atoms with van der Waals surface area (Å²) in [6, 6.07) is 3.14. The average Bonchev–Trinajstić information content (AvgIpc) is 2.71. The van der Waals surface area contributed by atoms with Crippen molar-refractivity contribution in [2.45, 2.75) is 18.1 Å². The van der Waals surface area contributed by atoms with Gasteiger partial charge in [-0.2, -0.15) is 0 Å². The molecule has 0 spiro atoms. The molecule has 1 aliphatic heterocycles. The number of nitrogens with zero attached hydrogens (tertiary/aromatic N) is 1. The summed E-state index contributed by atoms with van der Waals surface area (Å²) < 4.78 is 40.5. The lowest BCUT2D eigenvalue weighted by Crippen LogP contribution is -2.44. The standard InChI is InChI=1S/C18H26N2O7S/c1-19-16(21)11-28(23,24)13-5-7-20(8-6-13)18(22)12-9-14(25-2)17(27-4)15(10-12)26-3/h9-10,13H,5-8,11H2,1-4H3,(H,19,21). The molecule has 1 fully saturated rings. The Morgan fingerprint density at radius 2 is 1.61 bits per heavy atom. The number of ether oxygens (including phenoxy) is 3. The smallest absolute Gasteiger partial charge is 0.254 e. The molecule has 1 aromatic rings. The summed E-state index contributed by atoms with van der Waals surface area (Å²) in [5.41, 5.74) is 0.362. The van der Waals surface area contributed by atoms with E-state index in [1.807, 2.05) is 0 Å². The zero-order valence-electron chi connectivity index (χ0n) is 16.5. The molecule has 9 nitrogen and oxygen atoms in total. The van der Waals surface area contributed by atoms with Crippen LogP contribution in [-0.4, -0.2) is 77.6 Å². The van der Waals surface area contributed by atoms with E-state index in [4.69, 9.17) is 14.2 Å². The summed E-state index contributed by atoms with van der Waals surface area (Å²) in [5, 5.41) is 1.69. The van der Waals surface area contributed by atoms with Crippen LogP contribution in [0.3, 0.4) is 0 Å². The number of hydrogen-bond acceptors (Lipinski definition) is 7. The van der Waals surface area contributed by atoms with Gasteiger partial charge in [0.05, 0.1) is 26.6 Å². The van der Waals surface area contributed by atoms with Gasteiger partial charge in [-0.1, -0.05) is 0 Å². The van der Waals surface area contributed by atoms with Crippen LogP contribution in [0.2, 0.25) is 0 Å². The lowest BCUT2D eigenvalue weighted by molar-refractivity contribution is -0.118. The molecule has 156 valence electrons. The maximum Gasteiger partial charge on any atom is 0.254 e. The molecule has 1 heterocycles. The number of sulfone groups is 1. The molecule has 0 radical (unpaired) electrons. The third-order valence-corrected chi connectivity index (χ3v) is 6.91. The van der Waals surface area contributed by atoms with Crippen LogP contribution in [0, 0.1) is 0 Å². The summed E-state index contributed by atoms with van der Waals surface area (Å²) >= 11 is 0. The van der Waals surface area contributed by atoms with Crippen LogP contribution >= 0.6 is 0 Å². The first-order valence-electron chi connectivity index (χ1n) is 8.78. The number of hydrogen-bond donors (Lipinski definition) is 1. The van der Waals surface area contributed by atoms with Gasteiger partial charge in [-0.3, -0.25) is 9.59 Å². The lowest BCUT2D eigenvalue weighted by atomic mass is 10.1. The minimum absolute atomic E-state index is 0.249. The molecule has 1 aliphatic rings. The summed E-state index contributed by atoms with van der Waals surface area (Å²) in [7, 11) is 2.27. The predicted octanol–water partition coefficient (Wildman–Crippen LogP) is 0.478. The Labute approximate surface area is 164 Å². The van der Waals surface area contributed by atoms with Crippen molar-refractivity contribution in [2.75, 3.05) is 47.2 Å². The van der Waals surface area contributed by atoms with Gasteiger partial charge in [0.15, 0.2) is 21.3 Å². The van der Waals surface area contributed by atoms with Gasteiger partial charge in [-0.05, 0) is 25.0 Å². The highest BCUT2D eigenvalue weighted by Gasteiger charge is 2.33. The fraction of sp³-hybridized carbons (Fsp3) is 0.556. The van der Waals surface area contributed by atoms with E-state index in [1.165, 1.54) is 28.4 Å². The van der Waals surface area contributed by atoms with E-state index in [2.05, 4.69) is 5.32 Å². The van der Waals surface area contributed by atoms with Crippen molar-refractivity contribution in [3.05, 3.63) is 17.7 Å². The maximum atomic E-state index is 12.9. The first-order chi connectivity index (χ1) is 13.3. The summed E-state index contributed by atoms with van der Waals surface area (Å²) in [5.74, 6) is -0.186. The fourth-order valence-corrected chi connectivity index (χ4v) is 4.85. The monoisotopic (exact) mass is 414 g/mol. The van der Waals surface area contributed by atoms with Crippen LogP contribution in [0.25, 0.3) is 0 Å². The molecule has 10 heteroatoms. The van der Waals surface area contributed by atoms with Gasteiger partial charge in [-0.15, -0.1) is 0 Å². The number of carbonyl (C=O) groups excluding carboxylic acids is 2. The Hall–Kier alpha value is -2.49. The second-order valence-corrected chi connectivity index (χ2v) is 8.67. The molecule has 1 aromatic carbocycles. The van der Waals surface area contributed by atoms with Crippen molar-refractivity contribution in [2.24, 2.45) is 0 Å². The Morgan fingerprint density at radius 3 is 2.04 bits per heavy atom. The van der Waals surface area contributed by atoms with E-state index < -0.39 is 26.7 Å². The first-order valence-corrected chi connectivity index (χ1v) is 10.5. The molecule has 1 saturated heterocycles. The van der Waals surface area contributed by atoms with Crippen LogP contribution in [-0.2, 0) is 14.6 Å². The van der Waals surface area contributed by atoms with Crippen molar-refractivity contribution >= 4 is 21.7 Å². The minimum Gasteiger partial charge on any atom is -0.493 e. The number of benzene rings is 1. The first kappa shape index (κ1) is 21.8. The zero-order chi connectivity index (χ0) is 20.9. The highest BCUT2D eigenvalue weighted by atomic mass is 32.2. The molecule has 0 saturated carbocycles. The lowest BCUT2D eigenvalue weighted by Gasteiger charge is -2.32. The van der Waals surface area contributed by atoms with Crippen LogP contribution in [0.4, 0.5) is 0 Å². The van der Waals surface area contributed by atoms with Crippen LogP contribution in [0.5, 0.6) is 17.2 Å². The van der Waals surface area contributed by atoms with Gasteiger partial charge in [0.25, 0.3) is 5.91 Å². The molecular formula is C18H26N2O7S. The molecule has 0 bridgehead atoms. The number of rotatable bonds is 7. The Bertz CT molecular complexity index is 805. The molecule has 0 unspecified atom stereocenters. The highest BCUT2D eigenvalue weighted by molar-refractivity contribution is 7.92. The Balaban J connectivity index is 2.13. The number of amides is 2. The molecule has 0 aliphatic carbocycles. The average molecular weight is 414 g/mol. The molecule has 0 aromatic heterocycles. The second kappa shape index (κ2) is 9.13. The number of likely N-dealkylation sites (tertiary alicyclic amines) is 1. The van der Waals surface area contributed by atoms with Gasteiger partial charge >= 0.3 is 0 Å². The SMILES string of the molecule is CNC(=O)CS(=O)(=O)C1CCN(C(=O)c2cc(OC)c(OC)c(OC)c2)CC1. The van der Waals surface area contributed by atoms with Crippen molar-refractivity contribution in [3.63, 3.8) is 0 Å². The topological polar surface area (TPSA) is 111 Å². The predicted molar refractivity (Wildman–Crippen MR) is 103 cm³/mol. The highest BCUT2D eigenvalue weighted by Crippen LogP contribution is 2.38. The van der Waals surface area contributed by atoms with Crippen molar-refractivity contribution in [1.82, 2.24) is 10.2 Å². The summed E-state index contributed by atoms with van der Waals surface area (Å²) in [6.07, 6.45) is 0.574. The van der Waals surface area contributed by atoms with E-state index in [0.29, 0.717) is 22.8 Å².